The van der Waals surface area contributed by atoms with E-state index in [1.807, 2.05) is 0 Å². The van der Waals surface area contributed by atoms with Gasteiger partial charge in [-0.2, -0.15) is 5.10 Å². The van der Waals surface area contributed by atoms with Gasteiger partial charge < -0.3 is 5.32 Å². The molecule has 0 amide bonds. The van der Waals surface area contributed by atoms with E-state index in [9.17, 15) is 0 Å². The van der Waals surface area contributed by atoms with Gasteiger partial charge in [-0.25, -0.2) is 9.97 Å². The smallest absolute Gasteiger partial charge is 0.160 e. The summed E-state index contributed by atoms with van der Waals surface area (Å²) in [6, 6.07) is 6.74. The summed E-state index contributed by atoms with van der Waals surface area (Å²) in [7, 11) is 0. The second-order valence-corrected chi connectivity index (χ2v) is 7.07. The van der Waals surface area contributed by atoms with Crippen molar-refractivity contribution in [2.24, 2.45) is 0 Å². The molecule has 2 heterocycles. The summed E-state index contributed by atoms with van der Waals surface area (Å²) < 4.78 is 0. The number of hydrogen-bond donors (Lipinski definition) is 2. The molecule has 2 N–H and O–H groups in total. The van der Waals surface area contributed by atoms with Gasteiger partial charge in [-0.3, -0.25) is 5.10 Å². The number of fused-ring (bicyclic) bond motifs is 1. The highest BCUT2D eigenvalue weighted by Crippen LogP contribution is 2.37. The lowest BCUT2D eigenvalue weighted by molar-refractivity contribution is 0.476. The van der Waals surface area contributed by atoms with E-state index in [0.717, 1.165) is 23.3 Å². The van der Waals surface area contributed by atoms with E-state index in [1.165, 1.54) is 42.4 Å². The van der Waals surface area contributed by atoms with E-state index >= 15 is 0 Å². The van der Waals surface area contributed by atoms with Crippen LogP contribution in [0.4, 0.5) is 5.82 Å². The van der Waals surface area contributed by atoms with Crippen LogP contribution in [0.15, 0.2) is 30.7 Å². The maximum Gasteiger partial charge on any atom is 0.160 e. The molecule has 0 aliphatic heterocycles. The summed E-state index contributed by atoms with van der Waals surface area (Å²) in [5, 5.41) is 11.8. The molecule has 0 saturated heterocycles. The number of H-pyrrole nitrogens is 1. The van der Waals surface area contributed by atoms with Crippen molar-refractivity contribution in [3.05, 3.63) is 47.4 Å². The Morgan fingerprint density at radius 2 is 2.00 bits per heavy atom. The van der Waals surface area contributed by atoms with E-state index in [1.54, 1.807) is 12.5 Å². The second kappa shape index (κ2) is 5.89. The van der Waals surface area contributed by atoms with Crippen molar-refractivity contribution in [2.75, 3.05) is 5.32 Å². The normalized spacial score (nSPS) is 16.6. The van der Waals surface area contributed by atoms with Gasteiger partial charge in [0, 0.05) is 5.54 Å². The number of hydrogen-bond acceptors (Lipinski definition) is 4. The third-order valence-electron chi connectivity index (χ3n) is 5.23. The highest BCUT2D eigenvalue weighted by atomic mass is 15.2. The lowest BCUT2D eigenvalue weighted by atomic mass is 9.86. The number of aromatic nitrogens is 4. The fourth-order valence-corrected chi connectivity index (χ4v) is 3.87. The molecule has 0 atom stereocenters. The molecular formula is C19H23N5. The first-order valence-electron chi connectivity index (χ1n) is 8.64. The SMILES string of the molecule is Cc1ccc(C)c(CC2(Nc3ncnc4[nH]ncc34)CCCC2)c1. The Morgan fingerprint density at radius 3 is 2.83 bits per heavy atom. The zero-order valence-electron chi connectivity index (χ0n) is 14.3. The maximum absolute atomic E-state index is 4.49. The third kappa shape index (κ3) is 2.75. The van der Waals surface area contributed by atoms with Crippen molar-refractivity contribution in [2.45, 2.75) is 51.5 Å². The predicted molar refractivity (Wildman–Crippen MR) is 96.1 cm³/mol. The first kappa shape index (κ1) is 15.1. The molecule has 2 aromatic heterocycles. The summed E-state index contributed by atoms with van der Waals surface area (Å²) in [6.07, 6.45) is 9.30. The fourth-order valence-electron chi connectivity index (χ4n) is 3.87. The number of aromatic amines is 1. The standard InChI is InChI=1S/C19H23N5/c1-13-5-6-14(2)15(9-13)10-19(7-3-4-8-19)23-17-16-11-22-24-18(16)21-12-20-17/h5-6,9,11-12H,3-4,7-8,10H2,1-2H3,(H2,20,21,22,23,24). The van der Waals surface area contributed by atoms with Gasteiger partial charge in [0.05, 0.1) is 11.6 Å². The average molecular weight is 321 g/mol. The number of rotatable bonds is 4. The molecule has 0 radical (unpaired) electrons. The Hall–Kier alpha value is -2.43. The highest BCUT2D eigenvalue weighted by molar-refractivity contribution is 5.85. The van der Waals surface area contributed by atoms with Crippen LogP contribution in [0.5, 0.6) is 0 Å². The van der Waals surface area contributed by atoms with Crippen molar-refractivity contribution in [3.63, 3.8) is 0 Å². The Morgan fingerprint density at radius 1 is 1.17 bits per heavy atom. The monoisotopic (exact) mass is 321 g/mol. The minimum absolute atomic E-state index is 0.0666. The topological polar surface area (TPSA) is 66.5 Å². The van der Waals surface area contributed by atoms with Gasteiger partial charge >= 0.3 is 0 Å². The summed E-state index contributed by atoms with van der Waals surface area (Å²) in [6.45, 7) is 4.37. The van der Waals surface area contributed by atoms with Crippen LogP contribution in [-0.2, 0) is 6.42 Å². The van der Waals surface area contributed by atoms with Crippen LogP contribution >= 0.6 is 0 Å². The number of nitrogens with one attached hydrogen (secondary N) is 2. The Bertz CT molecular complexity index is 861. The van der Waals surface area contributed by atoms with Gasteiger partial charge in [0.1, 0.15) is 12.1 Å². The van der Waals surface area contributed by atoms with Crippen molar-refractivity contribution in [3.8, 4) is 0 Å². The molecular weight excluding hydrogens is 298 g/mol. The third-order valence-corrected chi connectivity index (χ3v) is 5.23. The van der Waals surface area contributed by atoms with Crippen LogP contribution in [0.25, 0.3) is 11.0 Å². The molecule has 3 aromatic rings. The number of aryl methyl sites for hydroxylation is 2. The number of benzene rings is 1. The van der Waals surface area contributed by atoms with Gasteiger partial charge in [-0.15, -0.1) is 0 Å². The zero-order chi connectivity index (χ0) is 16.6. The van der Waals surface area contributed by atoms with E-state index in [0.29, 0.717) is 0 Å². The molecule has 1 aliphatic carbocycles. The molecule has 1 aromatic carbocycles. The van der Waals surface area contributed by atoms with Crippen molar-refractivity contribution < 1.29 is 0 Å². The molecule has 4 rings (SSSR count). The molecule has 5 nitrogen and oxygen atoms in total. The van der Waals surface area contributed by atoms with Gasteiger partial charge in [-0.1, -0.05) is 36.6 Å². The van der Waals surface area contributed by atoms with Gasteiger partial charge in [-0.05, 0) is 44.2 Å². The van der Waals surface area contributed by atoms with E-state index in [-0.39, 0.29) is 5.54 Å². The Labute approximate surface area is 141 Å². The Balaban J connectivity index is 1.68. The molecule has 5 heteroatoms. The van der Waals surface area contributed by atoms with Gasteiger partial charge in [0.15, 0.2) is 5.65 Å². The lowest BCUT2D eigenvalue weighted by Crippen LogP contribution is -2.38. The van der Waals surface area contributed by atoms with E-state index in [2.05, 4.69) is 57.5 Å². The fraction of sp³-hybridized carbons (Fsp3) is 0.421. The van der Waals surface area contributed by atoms with Gasteiger partial charge in [0.25, 0.3) is 0 Å². The maximum atomic E-state index is 4.49. The molecule has 0 unspecified atom stereocenters. The van der Waals surface area contributed by atoms with E-state index in [4.69, 9.17) is 0 Å². The summed E-state index contributed by atoms with van der Waals surface area (Å²) >= 11 is 0. The molecule has 1 aliphatic rings. The van der Waals surface area contributed by atoms with Crippen molar-refractivity contribution in [1.82, 2.24) is 20.2 Å². The van der Waals surface area contributed by atoms with Crippen LogP contribution in [0.2, 0.25) is 0 Å². The van der Waals surface area contributed by atoms with Gasteiger partial charge in [0.2, 0.25) is 0 Å². The summed E-state index contributed by atoms with van der Waals surface area (Å²) in [5.41, 5.74) is 4.97. The van der Waals surface area contributed by atoms with Crippen LogP contribution in [0.3, 0.4) is 0 Å². The van der Waals surface area contributed by atoms with Crippen LogP contribution in [0.1, 0.15) is 42.4 Å². The van der Waals surface area contributed by atoms with E-state index < -0.39 is 0 Å². The predicted octanol–water partition coefficient (Wildman–Crippen LogP) is 3.94. The number of anilines is 1. The van der Waals surface area contributed by atoms with Crippen molar-refractivity contribution in [1.29, 1.82) is 0 Å². The molecule has 0 bridgehead atoms. The quantitative estimate of drug-likeness (QED) is 0.764. The largest absolute Gasteiger partial charge is 0.364 e. The first-order valence-corrected chi connectivity index (χ1v) is 8.64. The van der Waals surface area contributed by atoms with Crippen LogP contribution in [-0.4, -0.2) is 25.7 Å². The first-order chi connectivity index (χ1) is 11.7. The second-order valence-electron chi connectivity index (χ2n) is 7.07. The molecule has 24 heavy (non-hydrogen) atoms. The number of nitrogens with zero attached hydrogens (tertiary/aromatic N) is 3. The average Bonchev–Trinajstić information content (AvgIpc) is 3.21. The molecule has 0 spiro atoms. The zero-order valence-corrected chi connectivity index (χ0v) is 14.3. The summed E-state index contributed by atoms with van der Waals surface area (Å²) in [4.78, 5) is 8.73. The molecule has 124 valence electrons. The van der Waals surface area contributed by atoms with Crippen molar-refractivity contribution >= 4 is 16.9 Å². The lowest BCUT2D eigenvalue weighted by Gasteiger charge is -2.32. The van der Waals surface area contributed by atoms with Crippen LogP contribution < -0.4 is 5.32 Å². The molecule has 1 fully saturated rings. The minimum atomic E-state index is 0.0666. The highest BCUT2D eigenvalue weighted by Gasteiger charge is 2.35. The van der Waals surface area contributed by atoms with Crippen LogP contribution in [0, 0.1) is 13.8 Å². The Kier molecular flexibility index (Phi) is 3.71. The summed E-state index contributed by atoms with van der Waals surface area (Å²) in [5.74, 6) is 0.890. The minimum Gasteiger partial charge on any atom is -0.364 e. The molecule has 1 saturated carbocycles.